The van der Waals surface area contributed by atoms with Gasteiger partial charge in [0.25, 0.3) is 0 Å². The van der Waals surface area contributed by atoms with Gasteiger partial charge in [0.2, 0.25) is 0 Å². The molecule has 2 N–H and O–H groups in total. The lowest BCUT2D eigenvalue weighted by Crippen LogP contribution is -2.10. The van der Waals surface area contributed by atoms with Crippen LogP contribution < -0.4 is 0 Å². The van der Waals surface area contributed by atoms with Crippen LogP contribution in [-0.2, 0) is 13.2 Å². The van der Waals surface area contributed by atoms with Gasteiger partial charge >= 0.3 is 0 Å². The summed E-state index contributed by atoms with van der Waals surface area (Å²) in [7, 11) is 3.96. The van der Waals surface area contributed by atoms with Crippen molar-refractivity contribution in [1.29, 1.82) is 0 Å². The van der Waals surface area contributed by atoms with Crippen LogP contribution in [0, 0.1) is 0 Å². The van der Waals surface area contributed by atoms with E-state index in [4.69, 9.17) is 5.11 Å². The number of aliphatic hydroxyl groups is 1. The Morgan fingerprint density at radius 1 is 1.31 bits per heavy atom. The summed E-state index contributed by atoms with van der Waals surface area (Å²) in [5.74, 6) is 0.157. The Morgan fingerprint density at radius 2 is 2.00 bits per heavy atom. The van der Waals surface area contributed by atoms with Crippen molar-refractivity contribution in [2.24, 2.45) is 0 Å². The molecule has 72 valence electrons. The van der Waals surface area contributed by atoms with Gasteiger partial charge in [-0.25, -0.2) is 0 Å². The third-order valence-electron chi connectivity index (χ3n) is 1.81. The summed E-state index contributed by atoms with van der Waals surface area (Å²) >= 11 is 0. The maximum Gasteiger partial charge on any atom is 0.121 e. The molecule has 1 rings (SSSR count). The van der Waals surface area contributed by atoms with Crippen LogP contribution in [0.15, 0.2) is 18.2 Å². The quantitative estimate of drug-likeness (QED) is 0.729. The van der Waals surface area contributed by atoms with Crippen LogP contribution in [0.2, 0.25) is 0 Å². The van der Waals surface area contributed by atoms with E-state index in [1.54, 1.807) is 6.07 Å². The molecule has 0 bridgehead atoms. The monoisotopic (exact) mass is 181 g/mol. The number of rotatable bonds is 3. The first-order chi connectivity index (χ1) is 6.13. The van der Waals surface area contributed by atoms with Crippen LogP contribution in [0.4, 0.5) is 0 Å². The Labute approximate surface area is 78.2 Å². The third kappa shape index (κ3) is 2.72. The summed E-state index contributed by atoms with van der Waals surface area (Å²) < 4.78 is 0. The van der Waals surface area contributed by atoms with Gasteiger partial charge in [-0.15, -0.1) is 0 Å². The molecule has 1 aromatic carbocycles. The molecule has 0 amide bonds. The first kappa shape index (κ1) is 10.0. The van der Waals surface area contributed by atoms with Crippen LogP contribution in [0.1, 0.15) is 11.1 Å². The van der Waals surface area contributed by atoms with Gasteiger partial charge in [0.15, 0.2) is 0 Å². The molecule has 0 aliphatic carbocycles. The third-order valence-corrected chi connectivity index (χ3v) is 1.81. The molecule has 0 aliphatic heterocycles. The fourth-order valence-corrected chi connectivity index (χ4v) is 1.23. The SMILES string of the molecule is CN(C)Cc1ccc(O)c(CO)c1. The van der Waals surface area contributed by atoms with Gasteiger partial charge in [0.05, 0.1) is 6.61 Å². The largest absolute Gasteiger partial charge is 0.508 e. The van der Waals surface area contributed by atoms with Gasteiger partial charge in [0.1, 0.15) is 5.75 Å². The molecule has 0 radical (unpaired) electrons. The number of phenols is 1. The lowest BCUT2D eigenvalue weighted by atomic mass is 10.1. The highest BCUT2D eigenvalue weighted by Crippen LogP contribution is 2.18. The zero-order valence-electron chi connectivity index (χ0n) is 7.99. The number of hydrogen-bond acceptors (Lipinski definition) is 3. The second-order valence-corrected chi connectivity index (χ2v) is 3.36. The highest BCUT2D eigenvalue weighted by molar-refractivity contribution is 5.35. The van der Waals surface area contributed by atoms with E-state index in [2.05, 4.69) is 0 Å². The summed E-state index contributed by atoms with van der Waals surface area (Å²) in [5.41, 5.74) is 1.67. The fraction of sp³-hybridized carbons (Fsp3) is 0.400. The first-order valence-corrected chi connectivity index (χ1v) is 4.20. The minimum atomic E-state index is -0.118. The van der Waals surface area contributed by atoms with Gasteiger partial charge in [-0.05, 0) is 31.8 Å². The molecule has 0 aliphatic rings. The molecule has 0 heterocycles. The molecule has 0 saturated carbocycles. The fourth-order valence-electron chi connectivity index (χ4n) is 1.23. The van der Waals surface area contributed by atoms with Crippen molar-refractivity contribution >= 4 is 0 Å². The van der Waals surface area contributed by atoms with Crippen LogP contribution in [0.25, 0.3) is 0 Å². The number of aromatic hydroxyl groups is 1. The number of benzene rings is 1. The lowest BCUT2D eigenvalue weighted by Gasteiger charge is -2.10. The van der Waals surface area contributed by atoms with Gasteiger partial charge in [-0.2, -0.15) is 0 Å². The van der Waals surface area contributed by atoms with Crippen LogP contribution in [0.5, 0.6) is 5.75 Å². The Morgan fingerprint density at radius 3 is 2.54 bits per heavy atom. The second-order valence-electron chi connectivity index (χ2n) is 3.36. The Kier molecular flexibility index (Phi) is 3.28. The zero-order chi connectivity index (χ0) is 9.84. The Balaban J connectivity index is 2.86. The van der Waals surface area contributed by atoms with Gasteiger partial charge in [0, 0.05) is 12.1 Å². The topological polar surface area (TPSA) is 43.7 Å². The van der Waals surface area contributed by atoms with E-state index in [1.807, 2.05) is 31.1 Å². The Bertz CT molecular complexity index is 284. The van der Waals surface area contributed by atoms with E-state index in [1.165, 1.54) is 0 Å². The van der Waals surface area contributed by atoms with Gasteiger partial charge < -0.3 is 15.1 Å². The smallest absolute Gasteiger partial charge is 0.121 e. The molecule has 0 fully saturated rings. The van der Waals surface area contributed by atoms with Crippen LogP contribution in [-0.4, -0.2) is 29.2 Å². The van der Waals surface area contributed by atoms with Gasteiger partial charge in [-0.3, -0.25) is 0 Å². The van der Waals surface area contributed by atoms with E-state index in [0.717, 1.165) is 12.1 Å². The highest BCUT2D eigenvalue weighted by atomic mass is 16.3. The summed E-state index contributed by atoms with van der Waals surface area (Å²) in [5, 5.41) is 18.2. The maximum absolute atomic E-state index is 9.30. The van der Waals surface area contributed by atoms with Crippen molar-refractivity contribution in [3.63, 3.8) is 0 Å². The van der Waals surface area contributed by atoms with Crippen molar-refractivity contribution in [3.05, 3.63) is 29.3 Å². The van der Waals surface area contributed by atoms with E-state index >= 15 is 0 Å². The van der Waals surface area contributed by atoms with Crippen molar-refractivity contribution in [3.8, 4) is 5.75 Å². The zero-order valence-corrected chi connectivity index (χ0v) is 7.99. The summed E-state index contributed by atoms with van der Waals surface area (Å²) in [6.07, 6.45) is 0. The standard InChI is InChI=1S/C10H15NO2/c1-11(2)6-8-3-4-10(13)9(5-8)7-12/h3-5,12-13H,6-7H2,1-2H3. The van der Waals surface area contributed by atoms with Crippen molar-refractivity contribution in [2.75, 3.05) is 14.1 Å². The highest BCUT2D eigenvalue weighted by Gasteiger charge is 2.01. The minimum Gasteiger partial charge on any atom is -0.508 e. The molecule has 0 aromatic heterocycles. The first-order valence-electron chi connectivity index (χ1n) is 4.20. The minimum absolute atomic E-state index is 0.118. The molecule has 3 heteroatoms. The van der Waals surface area contributed by atoms with E-state index in [9.17, 15) is 5.11 Å². The Hall–Kier alpha value is -1.06. The van der Waals surface area contributed by atoms with Gasteiger partial charge in [-0.1, -0.05) is 6.07 Å². The molecule has 0 saturated heterocycles. The average molecular weight is 181 g/mol. The average Bonchev–Trinajstić information content (AvgIpc) is 2.07. The lowest BCUT2D eigenvalue weighted by molar-refractivity contribution is 0.275. The number of nitrogens with zero attached hydrogens (tertiary/aromatic N) is 1. The summed E-state index contributed by atoms with van der Waals surface area (Å²) in [6, 6.07) is 5.29. The molecule has 3 nitrogen and oxygen atoms in total. The predicted octanol–water partition coefficient (Wildman–Crippen LogP) is 0.946. The number of aliphatic hydroxyl groups excluding tert-OH is 1. The predicted molar refractivity (Wildman–Crippen MR) is 51.4 cm³/mol. The molecular formula is C10H15NO2. The molecule has 13 heavy (non-hydrogen) atoms. The normalized spacial score (nSPS) is 10.8. The van der Waals surface area contributed by atoms with Crippen molar-refractivity contribution in [2.45, 2.75) is 13.2 Å². The van der Waals surface area contributed by atoms with Crippen LogP contribution in [0.3, 0.4) is 0 Å². The van der Waals surface area contributed by atoms with E-state index < -0.39 is 0 Å². The maximum atomic E-state index is 9.30. The summed E-state index contributed by atoms with van der Waals surface area (Å²) in [4.78, 5) is 2.04. The molecule has 0 spiro atoms. The summed E-state index contributed by atoms with van der Waals surface area (Å²) in [6.45, 7) is 0.695. The second kappa shape index (κ2) is 4.25. The molecule has 0 atom stereocenters. The van der Waals surface area contributed by atoms with E-state index in [-0.39, 0.29) is 12.4 Å². The van der Waals surface area contributed by atoms with Crippen LogP contribution >= 0.6 is 0 Å². The van der Waals surface area contributed by atoms with Crippen molar-refractivity contribution < 1.29 is 10.2 Å². The molecular weight excluding hydrogens is 166 g/mol. The van der Waals surface area contributed by atoms with Crippen molar-refractivity contribution in [1.82, 2.24) is 4.90 Å². The molecule has 0 unspecified atom stereocenters. The molecule has 1 aromatic rings. The number of hydrogen-bond donors (Lipinski definition) is 2. The van der Waals surface area contributed by atoms with E-state index in [0.29, 0.717) is 5.56 Å².